The summed E-state index contributed by atoms with van der Waals surface area (Å²) in [6, 6.07) is 2.26. The monoisotopic (exact) mass is 311 g/mol. The topological polar surface area (TPSA) is 144 Å². The van der Waals surface area contributed by atoms with Crippen molar-refractivity contribution in [2.24, 2.45) is 0 Å². The van der Waals surface area contributed by atoms with Crippen LogP contribution in [0.25, 0.3) is 0 Å². The molecule has 0 aliphatic carbocycles. The number of phenolic OH excluding ortho intramolecular Hbond substituents is 1. The molecule has 10 heteroatoms. The van der Waals surface area contributed by atoms with E-state index in [4.69, 9.17) is 10.3 Å². The summed E-state index contributed by atoms with van der Waals surface area (Å²) in [4.78, 5) is -0.182. The van der Waals surface area contributed by atoms with Crippen LogP contribution >= 0.6 is 0 Å². The lowest BCUT2D eigenvalue weighted by Crippen LogP contribution is -2.16. The quantitative estimate of drug-likeness (QED) is 0.387. The van der Waals surface area contributed by atoms with Crippen LogP contribution < -0.4 is 5.73 Å². The van der Waals surface area contributed by atoms with Crippen molar-refractivity contribution in [3.63, 3.8) is 0 Å². The van der Waals surface area contributed by atoms with Crippen molar-refractivity contribution in [3.8, 4) is 5.75 Å². The van der Waals surface area contributed by atoms with Crippen LogP contribution in [0.1, 0.15) is 5.56 Å². The first kappa shape index (κ1) is 15.7. The molecule has 1 aromatic carbocycles. The second-order valence-electron chi connectivity index (χ2n) is 3.75. The zero-order valence-corrected chi connectivity index (χ0v) is 11.5. The molecule has 0 spiro atoms. The normalized spacial score (nSPS) is 12.5. The molecule has 0 aliphatic heterocycles. The van der Waals surface area contributed by atoms with E-state index in [1.165, 1.54) is 13.0 Å². The van der Waals surface area contributed by atoms with Crippen LogP contribution in [0.4, 0.5) is 5.69 Å². The van der Waals surface area contributed by atoms with Crippen LogP contribution in [0.2, 0.25) is 0 Å². The fourth-order valence-electron chi connectivity index (χ4n) is 1.39. The first-order valence-corrected chi connectivity index (χ1v) is 7.98. The lowest BCUT2D eigenvalue weighted by molar-refractivity contribution is 0.284. The molecular weight excluding hydrogens is 298 g/mol. The van der Waals surface area contributed by atoms with Gasteiger partial charge in [-0.1, -0.05) is 0 Å². The Morgan fingerprint density at radius 3 is 2.37 bits per heavy atom. The van der Waals surface area contributed by atoms with Gasteiger partial charge in [0.1, 0.15) is 5.75 Å². The summed E-state index contributed by atoms with van der Waals surface area (Å²) in [5.41, 5.74) is 5.75. The summed E-state index contributed by atoms with van der Waals surface area (Å²) in [7, 11) is -8.56. The van der Waals surface area contributed by atoms with E-state index in [1.807, 2.05) is 0 Å². The molecule has 4 N–H and O–H groups in total. The largest absolute Gasteiger partial charge is 0.506 e. The van der Waals surface area contributed by atoms with Gasteiger partial charge in [-0.15, -0.1) is 0 Å². The molecule has 0 saturated heterocycles. The van der Waals surface area contributed by atoms with Crippen molar-refractivity contribution in [2.45, 2.75) is 11.8 Å². The average Bonchev–Trinajstić information content (AvgIpc) is 2.20. The number of aryl methyl sites for hydroxylation is 1. The molecule has 0 heterocycles. The minimum Gasteiger partial charge on any atom is -0.506 e. The number of rotatable bonds is 5. The Morgan fingerprint density at radius 1 is 1.26 bits per heavy atom. The van der Waals surface area contributed by atoms with Crippen LogP contribution in [-0.2, 0) is 24.4 Å². The Morgan fingerprint density at radius 2 is 1.84 bits per heavy atom. The molecule has 108 valence electrons. The molecule has 19 heavy (non-hydrogen) atoms. The maximum absolute atomic E-state index is 11.9. The minimum atomic E-state index is -4.69. The maximum atomic E-state index is 11.9. The van der Waals surface area contributed by atoms with Gasteiger partial charge in [-0.05, 0) is 18.6 Å². The summed E-state index contributed by atoms with van der Waals surface area (Å²) in [5.74, 6) is -1.06. The first-order chi connectivity index (χ1) is 8.53. The van der Waals surface area contributed by atoms with Crippen molar-refractivity contribution in [1.82, 2.24) is 0 Å². The van der Waals surface area contributed by atoms with Crippen LogP contribution in [-0.4, -0.2) is 38.9 Å². The van der Waals surface area contributed by atoms with Gasteiger partial charge in [-0.3, -0.25) is 4.55 Å². The van der Waals surface area contributed by atoms with E-state index in [0.29, 0.717) is 5.56 Å². The van der Waals surface area contributed by atoms with E-state index in [-0.39, 0.29) is 16.3 Å². The molecule has 1 aromatic rings. The molecule has 1 rings (SSSR count). The second kappa shape index (κ2) is 5.33. The Bertz CT molecular complexity index is 679. The third kappa shape index (κ3) is 4.35. The Labute approximate surface area is 110 Å². The summed E-state index contributed by atoms with van der Waals surface area (Å²) in [5, 5.41) is 9.39. The van der Waals surface area contributed by atoms with Gasteiger partial charge >= 0.3 is 10.4 Å². The van der Waals surface area contributed by atoms with Gasteiger partial charge in [-0.2, -0.15) is 8.42 Å². The number of hydrogen-bond donors (Lipinski definition) is 3. The number of hydrogen-bond acceptors (Lipinski definition) is 7. The molecule has 0 atom stereocenters. The van der Waals surface area contributed by atoms with Crippen LogP contribution in [0.15, 0.2) is 17.0 Å². The van der Waals surface area contributed by atoms with Gasteiger partial charge in [0.25, 0.3) is 0 Å². The summed E-state index contributed by atoms with van der Waals surface area (Å²) < 4.78 is 56.7. The predicted octanol–water partition coefficient (Wildman–Crippen LogP) is -0.124. The van der Waals surface area contributed by atoms with Crippen molar-refractivity contribution in [1.29, 1.82) is 0 Å². The number of nitrogens with two attached hydrogens (primary N) is 1. The Kier molecular flexibility index (Phi) is 4.40. The summed E-state index contributed by atoms with van der Waals surface area (Å²) in [6.45, 7) is 0.748. The highest BCUT2D eigenvalue weighted by Crippen LogP contribution is 2.27. The number of phenols is 1. The molecule has 0 radical (unpaired) electrons. The van der Waals surface area contributed by atoms with Gasteiger partial charge in [0, 0.05) is 6.07 Å². The molecule has 0 aromatic heterocycles. The maximum Gasteiger partial charge on any atom is 0.397 e. The molecule has 0 aliphatic rings. The molecule has 0 unspecified atom stereocenters. The zero-order valence-electron chi connectivity index (χ0n) is 9.90. The van der Waals surface area contributed by atoms with Crippen molar-refractivity contribution in [3.05, 3.63) is 17.7 Å². The van der Waals surface area contributed by atoms with Crippen LogP contribution in [0, 0.1) is 6.92 Å². The van der Waals surface area contributed by atoms with E-state index in [0.717, 1.165) is 6.07 Å². The smallest absolute Gasteiger partial charge is 0.397 e. The van der Waals surface area contributed by atoms with E-state index in [9.17, 15) is 21.9 Å². The van der Waals surface area contributed by atoms with Crippen molar-refractivity contribution in [2.75, 3.05) is 18.1 Å². The number of aromatic hydroxyl groups is 1. The molecule has 8 nitrogen and oxygen atoms in total. The van der Waals surface area contributed by atoms with Crippen molar-refractivity contribution < 1.29 is 30.7 Å². The standard InChI is InChI=1S/C9H13NO7S2/c1-6-4-7(10)8(11)5-9(6)18(12,13)3-2-17-19(14,15)16/h4-5,11H,2-3,10H2,1H3,(H,14,15,16). The Balaban J connectivity index is 2.98. The Hall–Kier alpha value is -1.36. The fourth-order valence-corrected chi connectivity index (χ4v) is 3.16. The third-order valence-corrected chi connectivity index (χ3v) is 4.52. The van der Waals surface area contributed by atoms with Gasteiger partial charge in [0.15, 0.2) is 9.84 Å². The molecular formula is C9H13NO7S2. The molecule has 0 fully saturated rings. The number of sulfone groups is 1. The van der Waals surface area contributed by atoms with Gasteiger partial charge in [0.05, 0.1) is 22.9 Å². The highest BCUT2D eigenvalue weighted by molar-refractivity contribution is 7.91. The molecule has 0 saturated carbocycles. The highest BCUT2D eigenvalue weighted by atomic mass is 32.3. The van der Waals surface area contributed by atoms with E-state index < -0.39 is 32.6 Å². The predicted molar refractivity (Wildman–Crippen MR) is 66.8 cm³/mol. The fraction of sp³-hybridized carbons (Fsp3) is 0.333. The zero-order chi connectivity index (χ0) is 14.8. The number of benzene rings is 1. The molecule has 0 amide bonds. The molecule has 0 bridgehead atoms. The minimum absolute atomic E-state index is 0.0330. The number of nitrogen functional groups attached to an aromatic ring is 1. The van der Waals surface area contributed by atoms with E-state index >= 15 is 0 Å². The van der Waals surface area contributed by atoms with Gasteiger partial charge in [-0.25, -0.2) is 12.6 Å². The summed E-state index contributed by atoms with van der Waals surface area (Å²) >= 11 is 0. The van der Waals surface area contributed by atoms with Gasteiger partial charge < -0.3 is 10.8 Å². The SMILES string of the molecule is Cc1cc(N)c(O)cc1S(=O)(=O)CCOS(=O)(=O)O. The average molecular weight is 311 g/mol. The second-order valence-corrected chi connectivity index (χ2v) is 6.91. The third-order valence-electron chi connectivity index (χ3n) is 2.24. The lowest BCUT2D eigenvalue weighted by atomic mass is 10.2. The van der Waals surface area contributed by atoms with E-state index in [1.54, 1.807) is 0 Å². The van der Waals surface area contributed by atoms with Crippen LogP contribution in [0.5, 0.6) is 5.75 Å². The number of anilines is 1. The summed E-state index contributed by atoms with van der Waals surface area (Å²) in [6.07, 6.45) is 0. The van der Waals surface area contributed by atoms with E-state index in [2.05, 4.69) is 4.18 Å². The van der Waals surface area contributed by atoms with Crippen LogP contribution in [0.3, 0.4) is 0 Å². The highest BCUT2D eigenvalue weighted by Gasteiger charge is 2.20. The van der Waals surface area contributed by atoms with Gasteiger partial charge in [0.2, 0.25) is 0 Å². The lowest BCUT2D eigenvalue weighted by Gasteiger charge is -2.09. The van der Waals surface area contributed by atoms with Crippen molar-refractivity contribution >= 4 is 25.9 Å². The first-order valence-electron chi connectivity index (χ1n) is 4.96.